The standard InChI is InChI=1S/C21H20N2O2/c1-16-7-9-18(10-8-16)21(17-5-3-2-4-6-17)22-20(25)15-23-13-11-19(24)12-14-23/h2-14,21H,15H2,1H3,(H,22,25)/t21-/m1/s1. The molecule has 0 fully saturated rings. The zero-order valence-electron chi connectivity index (χ0n) is 14.1. The molecule has 0 bridgehead atoms. The number of pyridine rings is 1. The number of benzene rings is 2. The number of nitrogens with zero attached hydrogens (tertiary/aromatic N) is 1. The lowest BCUT2D eigenvalue weighted by Gasteiger charge is -2.20. The molecule has 0 saturated heterocycles. The van der Waals surface area contributed by atoms with Crippen molar-refractivity contribution in [3.05, 3.63) is 106 Å². The minimum absolute atomic E-state index is 0.0709. The summed E-state index contributed by atoms with van der Waals surface area (Å²) in [5.41, 5.74) is 3.17. The molecule has 4 heteroatoms. The van der Waals surface area contributed by atoms with Crippen LogP contribution < -0.4 is 10.7 Å². The Kier molecular flexibility index (Phi) is 5.09. The summed E-state index contributed by atoms with van der Waals surface area (Å²) in [5.74, 6) is -0.113. The van der Waals surface area contributed by atoms with Crippen molar-refractivity contribution in [2.24, 2.45) is 0 Å². The van der Waals surface area contributed by atoms with Crippen LogP contribution in [0.1, 0.15) is 22.7 Å². The van der Waals surface area contributed by atoms with Gasteiger partial charge in [0, 0.05) is 24.5 Å². The van der Waals surface area contributed by atoms with Gasteiger partial charge in [0.05, 0.1) is 6.04 Å². The van der Waals surface area contributed by atoms with E-state index in [2.05, 4.69) is 5.32 Å². The van der Waals surface area contributed by atoms with E-state index in [1.165, 1.54) is 17.7 Å². The lowest BCUT2D eigenvalue weighted by molar-refractivity contribution is -0.122. The number of nitrogens with one attached hydrogen (secondary N) is 1. The maximum absolute atomic E-state index is 12.5. The second kappa shape index (κ2) is 7.62. The van der Waals surface area contributed by atoms with E-state index < -0.39 is 0 Å². The van der Waals surface area contributed by atoms with Crippen LogP contribution in [0.25, 0.3) is 0 Å². The number of aromatic nitrogens is 1. The molecule has 0 radical (unpaired) electrons. The number of carbonyl (C=O) groups is 1. The van der Waals surface area contributed by atoms with Gasteiger partial charge in [-0.25, -0.2) is 0 Å². The fraction of sp³-hybridized carbons (Fsp3) is 0.143. The second-order valence-electron chi connectivity index (χ2n) is 6.03. The maximum Gasteiger partial charge on any atom is 0.240 e. The first kappa shape index (κ1) is 16.7. The molecule has 1 amide bonds. The Morgan fingerprint density at radius 2 is 1.52 bits per heavy atom. The summed E-state index contributed by atoms with van der Waals surface area (Å²) in [4.78, 5) is 23.7. The van der Waals surface area contributed by atoms with Crippen LogP contribution in [0.5, 0.6) is 0 Å². The molecule has 126 valence electrons. The van der Waals surface area contributed by atoms with E-state index in [4.69, 9.17) is 0 Å². The van der Waals surface area contributed by atoms with E-state index in [1.807, 2.05) is 61.5 Å². The number of rotatable bonds is 5. The summed E-state index contributed by atoms with van der Waals surface area (Å²) in [6.07, 6.45) is 3.23. The molecule has 0 spiro atoms. The van der Waals surface area contributed by atoms with Gasteiger partial charge in [0.1, 0.15) is 6.54 Å². The zero-order valence-corrected chi connectivity index (χ0v) is 14.1. The van der Waals surface area contributed by atoms with Crippen molar-refractivity contribution in [3.8, 4) is 0 Å². The van der Waals surface area contributed by atoms with Crippen LogP contribution in [-0.2, 0) is 11.3 Å². The van der Waals surface area contributed by atoms with Gasteiger partial charge in [0.15, 0.2) is 5.43 Å². The predicted molar refractivity (Wildman–Crippen MR) is 98.3 cm³/mol. The SMILES string of the molecule is Cc1ccc([C@H](NC(=O)Cn2ccc(=O)cc2)c2ccccc2)cc1. The number of aryl methyl sites for hydroxylation is 1. The third-order valence-corrected chi connectivity index (χ3v) is 4.04. The Bertz CT molecular complexity index is 879. The molecule has 0 unspecified atom stereocenters. The van der Waals surface area contributed by atoms with E-state index in [-0.39, 0.29) is 23.9 Å². The highest BCUT2D eigenvalue weighted by atomic mass is 16.2. The maximum atomic E-state index is 12.5. The summed E-state index contributed by atoms with van der Waals surface area (Å²) in [6, 6.07) is 20.7. The average molecular weight is 332 g/mol. The number of hydrogen-bond acceptors (Lipinski definition) is 2. The van der Waals surface area contributed by atoms with Crippen LogP contribution >= 0.6 is 0 Å². The van der Waals surface area contributed by atoms with E-state index in [0.29, 0.717) is 0 Å². The van der Waals surface area contributed by atoms with Gasteiger partial charge in [-0.05, 0) is 18.1 Å². The first-order chi connectivity index (χ1) is 12.1. The minimum Gasteiger partial charge on any atom is -0.345 e. The van der Waals surface area contributed by atoms with Gasteiger partial charge in [-0.1, -0.05) is 60.2 Å². The molecule has 3 rings (SSSR count). The molecule has 4 nitrogen and oxygen atoms in total. The molecule has 3 aromatic rings. The summed E-state index contributed by atoms with van der Waals surface area (Å²) >= 11 is 0. The summed E-state index contributed by atoms with van der Waals surface area (Å²) in [6.45, 7) is 2.20. The molecule has 2 aromatic carbocycles. The monoisotopic (exact) mass is 332 g/mol. The third-order valence-electron chi connectivity index (χ3n) is 4.04. The fourth-order valence-electron chi connectivity index (χ4n) is 2.69. The van der Waals surface area contributed by atoms with Crippen molar-refractivity contribution in [1.29, 1.82) is 0 Å². The average Bonchev–Trinajstić information content (AvgIpc) is 2.63. The molecule has 0 aliphatic heterocycles. The Balaban J connectivity index is 1.82. The van der Waals surface area contributed by atoms with Gasteiger partial charge in [0.2, 0.25) is 5.91 Å². The van der Waals surface area contributed by atoms with Crippen molar-refractivity contribution in [1.82, 2.24) is 9.88 Å². The van der Waals surface area contributed by atoms with E-state index in [9.17, 15) is 9.59 Å². The largest absolute Gasteiger partial charge is 0.345 e. The third kappa shape index (κ3) is 4.44. The van der Waals surface area contributed by atoms with Gasteiger partial charge in [-0.15, -0.1) is 0 Å². The van der Waals surface area contributed by atoms with E-state index >= 15 is 0 Å². The van der Waals surface area contributed by atoms with E-state index in [1.54, 1.807) is 17.0 Å². The van der Waals surface area contributed by atoms with Gasteiger partial charge in [0.25, 0.3) is 0 Å². The van der Waals surface area contributed by atoms with Crippen LogP contribution in [0.15, 0.2) is 83.9 Å². The molecule has 25 heavy (non-hydrogen) atoms. The highest BCUT2D eigenvalue weighted by Crippen LogP contribution is 2.22. The lowest BCUT2D eigenvalue weighted by atomic mass is 9.98. The summed E-state index contributed by atoms with van der Waals surface area (Å²) in [7, 11) is 0. The van der Waals surface area contributed by atoms with Gasteiger partial charge < -0.3 is 9.88 Å². The Hall–Kier alpha value is -3.14. The molecule has 1 heterocycles. The molecule has 0 aliphatic rings. The van der Waals surface area contributed by atoms with Crippen molar-refractivity contribution in [3.63, 3.8) is 0 Å². The van der Waals surface area contributed by atoms with Crippen LogP contribution in [-0.4, -0.2) is 10.5 Å². The van der Waals surface area contributed by atoms with Crippen molar-refractivity contribution in [2.75, 3.05) is 0 Å². The van der Waals surface area contributed by atoms with Crippen molar-refractivity contribution in [2.45, 2.75) is 19.5 Å². The number of hydrogen-bond donors (Lipinski definition) is 1. The van der Waals surface area contributed by atoms with Gasteiger partial charge >= 0.3 is 0 Å². The molecule has 0 aliphatic carbocycles. The summed E-state index contributed by atoms with van der Waals surface area (Å²) in [5, 5.41) is 3.09. The quantitative estimate of drug-likeness (QED) is 0.781. The number of carbonyl (C=O) groups excluding carboxylic acids is 1. The molecule has 0 saturated carbocycles. The highest BCUT2D eigenvalue weighted by Gasteiger charge is 2.16. The Morgan fingerprint density at radius 3 is 2.16 bits per heavy atom. The normalized spacial score (nSPS) is 11.7. The lowest BCUT2D eigenvalue weighted by Crippen LogP contribution is -2.32. The van der Waals surface area contributed by atoms with Gasteiger partial charge in [-0.3, -0.25) is 9.59 Å². The first-order valence-electron chi connectivity index (χ1n) is 8.19. The molecular weight excluding hydrogens is 312 g/mol. The van der Waals surface area contributed by atoms with Gasteiger partial charge in [-0.2, -0.15) is 0 Å². The summed E-state index contributed by atoms with van der Waals surface area (Å²) < 4.78 is 1.69. The Labute approximate surface area is 146 Å². The van der Waals surface area contributed by atoms with Crippen molar-refractivity contribution < 1.29 is 4.79 Å². The smallest absolute Gasteiger partial charge is 0.240 e. The second-order valence-corrected chi connectivity index (χ2v) is 6.03. The molecule has 1 N–H and O–H groups in total. The Morgan fingerprint density at radius 1 is 0.920 bits per heavy atom. The van der Waals surface area contributed by atoms with Crippen LogP contribution in [0.4, 0.5) is 0 Å². The molecule has 1 aromatic heterocycles. The predicted octanol–water partition coefficient (Wildman–Crippen LogP) is 3.06. The topological polar surface area (TPSA) is 51.1 Å². The molecular formula is C21H20N2O2. The first-order valence-corrected chi connectivity index (χ1v) is 8.19. The van der Waals surface area contributed by atoms with E-state index in [0.717, 1.165) is 11.1 Å². The van der Waals surface area contributed by atoms with Crippen LogP contribution in [0.3, 0.4) is 0 Å². The van der Waals surface area contributed by atoms with Crippen LogP contribution in [0.2, 0.25) is 0 Å². The zero-order chi connectivity index (χ0) is 17.6. The fourth-order valence-corrected chi connectivity index (χ4v) is 2.69. The number of amides is 1. The minimum atomic E-state index is -0.214. The molecule has 1 atom stereocenters. The van der Waals surface area contributed by atoms with Crippen LogP contribution in [0, 0.1) is 6.92 Å². The highest BCUT2D eigenvalue weighted by molar-refractivity contribution is 5.76. The van der Waals surface area contributed by atoms with Crippen molar-refractivity contribution >= 4 is 5.91 Å².